The molecule has 7 heteroatoms. The minimum absolute atomic E-state index is 0.0885. The fourth-order valence-corrected chi connectivity index (χ4v) is 3.74. The average molecular weight is 330 g/mol. The summed E-state index contributed by atoms with van der Waals surface area (Å²) in [5.74, 6) is 0.0987. The number of hydrogen-bond donors (Lipinski definition) is 3. The molecule has 6 nitrogen and oxygen atoms in total. The summed E-state index contributed by atoms with van der Waals surface area (Å²) >= 11 is 0. The van der Waals surface area contributed by atoms with Crippen LogP contribution >= 0.6 is 6.89 Å². The van der Waals surface area contributed by atoms with Gasteiger partial charge in [-0.15, -0.1) is 13.2 Å². The minimum atomic E-state index is -1.21. The largest absolute Gasteiger partial charge is 0.388 e. The third-order valence-corrected chi connectivity index (χ3v) is 5.66. The van der Waals surface area contributed by atoms with Crippen molar-refractivity contribution in [3.8, 4) is 0 Å². The van der Waals surface area contributed by atoms with Crippen molar-refractivity contribution < 1.29 is 19.7 Å². The molecule has 2 rings (SSSR count). The lowest BCUT2D eigenvalue weighted by atomic mass is 10.1. The van der Waals surface area contributed by atoms with E-state index in [0.717, 1.165) is 6.16 Å². The summed E-state index contributed by atoms with van der Waals surface area (Å²) in [6.45, 7) is 9.09. The van der Waals surface area contributed by atoms with Gasteiger partial charge in [0.05, 0.1) is 12.0 Å². The maximum absolute atomic E-state index is 11.6. The average Bonchev–Trinajstić information content (AvgIpc) is 2.68. The van der Waals surface area contributed by atoms with Crippen LogP contribution in [0.1, 0.15) is 13.3 Å². The van der Waals surface area contributed by atoms with Crippen molar-refractivity contribution in [1.29, 1.82) is 0 Å². The predicted octanol–water partition coefficient (Wildman–Crippen LogP) is 0.0715. The molecule has 0 aromatic carbocycles. The zero-order valence-corrected chi connectivity index (χ0v) is 14.4. The molecule has 2 aliphatic rings. The Hall–Kier alpha value is -0.810. The van der Waals surface area contributed by atoms with Crippen LogP contribution in [0.4, 0.5) is 0 Å². The molecule has 0 radical (unpaired) electrons. The van der Waals surface area contributed by atoms with Gasteiger partial charge in [0.1, 0.15) is 18.0 Å². The fourth-order valence-electron chi connectivity index (χ4n) is 2.78. The molecule has 126 valence electrons. The van der Waals surface area contributed by atoms with Crippen LogP contribution in [0, 0.1) is 5.92 Å². The lowest BCUT2D eigenvalue weighted by molar-refractivity contribution is -0.133. The monoisotopic (exact) mass is 330 g/mol. The van der Waals surface area contributed by atoms with Crippen LogP contribution in [0.25, 0.3) is 0 Å². The third-order valence-electron chi connectivity index (χ3n) is 4.20. The zero-order valence-electron chi connectivity index (χ0n) is 13.5. The Morgan fingerprint density at radius 1 is 1.41 bits per heavy atom. The van der Waals surface area contributed by atoms with E-state index in [2.05, 4.69) is 31.5 Å². The Labute approximate surface area is 132 Å². The minimum Gasteiger partial charge on any atom is -0.388 e. The van der Waals surface area contributed by atoms with Crippen LogP contribution in [-0.2, 0) is 9.53 Å². The lowest BCUT2D eigenvalue weighted by Gasteiger charge is -2.39. The van der Waals surface area contributed by atoms with Crippen molar-refractivity contribution in [2.45, 2.75) is 37.9 Å². The third kappa shape index (κ3) is 3.74. The number of rotatable bonds is 4. The van der Waals surface area contributed by atoms with Gasteiger partial charge in [0.15, 0.2) is 6.23 Å². The molecule has 5 atom stereocenters. The van der Waals surface area contributed by atoms with Crippen molar-refractivity contribution in [2.75, 3.05) is 26.0 Å². The van der Waals surface area contributed by atoms with E-state index in [1.54, 1.807) is 11.8 Å². The van der Waals surface area contributed by atoms with Gasteiger partial charge in [0.25, 0.3) is 0 Å². The highest BCUT2D eigenvalue weighted by Gasteiger charge is 2.47. The summed E-state index contributed by atoms with van der Waals surface area (Å²) in [4.78, 5) is 13.4. The molecule has 0 spiro atoms. The number of aliphatic hydroxyl groups is 2. The molecule has 2 fully saturated rings. The van der Waals surface area contributed by atoms with Gasteiger partial charge in [-0.25, -0.2) is 0 Å². The van der Waals surface area contributed by atoms with E-state index < -0.39 is 31.4 Å². The van der Waals surface area contributed by atoms with Crippen LogP contribution in [0.2, 0.25) is 0 Å². The van der Waals surface area contributed by atoms with Gasteiger partial charge in [0.2, 0.25) is 5.91 Å². The number of ether oxygens (including phenoxy) is 1. The van der Waals surface area contributed by atoms with Gasteiger partial charge < -0.3 is 25.2 Å². The van der Waals surface area contributed by atoms with Crippen molar-refractivity contribution in [3.63, 3.8) is 0 Å². The van der Waals surface area contributed by atoms with E-state index in [0.29, 0.717) is 18.8 Å². The smallest absolute Gasteiger partial charge is 0.230 e. The second-order valence-electron chi connectivity index (χ2n) is 6.98. The quantitative estimate of drug-likeness (QED) is 0.636. The van der Waals surface area contributed by atoms with Crippen molar-refractivity contribution >= 4 is 19.1 Å². The van der Waals surface area contributed by atoms with Crippen LogP contribution < -0.4 is 5.32 Å². The highest BCUT2D eigenvalue weighted by molar-refractivity contribution is 7.72. The molecule has 2 unspecified atom stereocenters. The Morgan fingerprint density at radius 2 is 2.05 bits per heavy atom. The zero-order chi connectivity index (χ0) is 16.7. The normalized spacial score (nSPS) is 36.6. The molecule has 0 aromatic heterocycles. The summed E-state index contributed by atoms with van der Waals surface area (Å²) in [7, 11) is 0. The van der Waals surface area contributed by atoms with Gasteiger partial charge in [-0.1, -0.05) is 13.5 Å². The first kappa shape index (κ1) is 17.5. The van der Waals surface area contributed by atoms with Gasteiger partial charge in [-0.2, -0.15) is 0 Å². The first-order chi connectivity index (χ1) is 10.1. The molecule has 3 N–H and O–H groups in total. The molecule has 2 aliphatic heterocycles. The molecule has 1 amide bonds. The molecule has 2 saturated heterocycles. The molecule has 0 aliphatic carbocycles. The Balaban J connectivity index is 2.04. The summed E-state index contributed by atoms with van der Waals surface area (Å²) in [5.41, 5.74) is 0. The molecule has 0 bridgehead atoms. The van der Waals surface area contributed by atoms with Crippen molar-refractivity contribution in [2.24, 2.45) is 5.92 Å². The number of nitrogens with one attached hydrogen (secondary N) is 1. The SMILES string of the molecule is C=C1NC(=O)C(C)CN1C1O[C@H](CCP(=C)(C)C)[C@@H](O)[C@H]1O. The molecule has 2 heterocycles. The second-order valence-corrected chi connectivity index (χ2v) is 11.3. The summed E-state index contributed by atoms with van der Waals surface area (Å²) < 4.78 is 5.88. The Kier molecular flexibility index (Phi) is 5.07. The summed E-state index contributed by atoms with van der Waals surface area (Å²) in [6, 6.07) is 0. The van der Waals surface area contributed by atoms with Crippen LogP contribution in [-0.4, -0.2) is 77.9 Å². The van der Waals surface area contributed by atoms with Crippen LogP contribution in [0.3, 0.4) is 0 Å². The van der Waals surface area contributed by atoms with Crippen LogP contribution in [0.15, 0.2) is 12.4 Å². The van der Waals surface area contributed by atoms with Gasteiger partial charge in [0, 0.05) is 6.54 Å². The summed E-state index contributed by atoms with van der Waals surface area (Å²) in [5, 5.41) is 23.2. The van der Waals surface area contributed by atoms with E-state index in [9.17, 15) is 15.0 Å². The topological polar surface area (TPSA) is 82.0 Å². The summed E-state index contributed by atoms with van der Waals surface area (Å²) in [6.07, 6.45) is 2.67. The maximum atomic E-state index is 11.6. The molecule has 0 saturated carbocycles. The molecular weight excluding hydrogens is 303 g/mol. The second kappa shape index (κ2) is 6.36. The number of aliphatic hydroxyl groups excluding tert-OH is 2. The first-order valence-corrected chi connectivity index (χ1v) is 10.6. The van der Waals surface area contributed by atoms with Crippen LogP contribution in [0.5, 0.6) is 0 Å². The fraction of sp³-hybridized carbons (Fsp3) is 0.733. The van der Waals surface area contributed by atoms with Crippen molar-refractivity contribution in [3.05, 3.63) is 12.4 Å². The van der Waals surface area contributed by atoms with Gasteiger partial charge in [-0.3, -0.25) is 4.79 Å². The lowest BCUT2D eigenvalue weighted by Crippen LogP contribution is -2.54. The highest BCUT2D eigenvalue weighted by atomic mass is 31.2. The van der Waals surface area contributed by atoms with Crippen molar-refractivity contribution in [1.82, 2.24) is 10.2 Å². The van der Waals surface area contributed by atoms with Gasteiger partial charge >= 0.3 is 0 Å². The Bertz CT molecular complexity index is 504. The number of amides is 1. The van der Waals surface area contributed by atoms with E-state index in [4.69, 9.17) is 4.74 Å². The Morgan fingerprint density at radius 3 is 2.64 bits per heavy atom. The predicted molar refractivity (Wildman–Crippen MR) is 89.2 cm³/mol. The van der Waals surface area contributed by atoms with E-state index in [1.165, 1.54) is 0 Å². The van der Waals surface area contributed by atoms with E-state index >= 15 is 0 Å². The highest BCUT2D eigenvalue weighted by Crippen LogP contribution is 2.38. The standard InChI is InChI=1S/C15H27N2O4P/c1-9-8-17(10(2)16-14(9)20)15-13(19)12(18)11(21-15)6-7-22(3,4)5/h9,11-13,15,18-19H,2-3,6-8H2,1,4-5H3,(H,16,20)/t9?,11-,12-,13-,15?/m1/s1. The van der Waals surface area contributed by atoms with E-state index in [-0.39, 0.29) is 11.8 Å². The number of carbonyl (C=O) groups excluding carboxylic acids is 1. The number of hydrogen-bond acceptors (Lipinski definition) is 5. The van der Waals surface area contributed by atoms with Gasteiger partial charge in [-0.05, 0) is 25.9 Å². The molecule has 22 heavy (non-hydrogen) atoms. The first-order valence-electron chi connectivity index (χ1n) is 7.55. The number of nitrogens with zero attached hydrogens (tertiary/aromatic N) is 1. The number of carbonyl (C=O) groups is 1. The molecule has 0 aromatic rings. The maximum Gasteiger partial charge on any atom is 0.230 e. The van der Waals surface area contributed by atoms with E-state index in [1.807, 2.05) is 0 Å². The molecular formula is C15H27N2O4P.